The van der Waals surface area contributed by atoms with E-state index in [1.165, 1.54) is 0 Å². The number of rotatable bonds is 8. The topological polar surface area (TPSA) is 78.4 Å². The highest BCUT2D eigenvalue weighted by Gasteiger charge is 2.20. The quantitative estimate of drug-likeness (QED) is 0.454. The number of aliphatic carboxylic acids is 1. The second-order valence-corrected chi connectivity index (χ2v) is 4.83. The van der Waals surface area contributed by atoms with Crippen LogP contribution in [0, 0.1) is 5.92 Å². The fraction of sp³-hybridized carbons (Fsp3) is 0.636. The summed E-state index contributed by atoms with van der Waals surface area (Å²) in [4.78, 5) is 22.0. The lowest BCUT2D eigenvalue weighted by atomic mass is 10.0. The summed E-state index contributed by atoms with van der Waals surface area (Å²) in [5.41, 5.74) is 0. The normalized spacial score (nSPS) is 13.5. The first-order valence-electron chi connectivity index (χ1n) is 5.44. The number of amides is 2. The first-order chi connectivity index (χ1) is 7.99. The van der Waals surface area contributed by atoms with Crippen LogP contribution < -0.4 is 10.6 Å². The second-order valence-electron chi connectivity index (χ2n) is 3.68. The Morgan fingerprint density at radius 1 is 1.47 bits per heavy atom. The van der Waals surface area contributed by atoms with Gasteiger partial charge in [-0.1, -0.05) is 6.08 Å². The molecule has 0 saturated carbocycles. The summed E-state index contributed by atoms with van der Waals surface area (Å²) < 4.78 is 0. The Balaban J connectivity index is 3.71. The Bertz CT molecular complexity index is 271. The van der Waals surface area contributed by atoms with Crippen LogP contribution in [0.25, 0.3) is 0 Å². The smallest absolute Gasteiger partial charge is 0.315 e. The van der Waals surface area contributed by atoms with Gasteiger partial charge in [0.15, 0.2) is 0 Å². The molecule has 0 rings (SSSR count). The van der Waals surface area contributed by atoms with Gasteiger partial charge in [-0.25, -0.2) is 4.79 Å². The summed E-state index contributed by atoms with van der Waals surface area (Å²) in [5.74, 6) is 0.146. The highest BCUT2D eigenvalue weighted by Crippen LogP contribution is 2.02. The van der Waals surface area contributed by atoms with Gasteiger partial charge in [0.2, 0.25) is 0 Å². The third-order valence-electron chi connectivity index (χ3n) is 2.27. The summed E-state index contributed by atoms with van der Waals surface area (Å²) >= 11 is 1.67. The molecule has 0 aromatic rings. The third kappa shape index (κ3) is 7.68. The minimum absolute atomic E-state index is 0.329. The molecule has 0 spiro atoms. The predicted molar refractivity (Wildman–Crippen MR) is 70.3 cm³/mol. The lowest BCUT2D eigenvalue weighted by molar-refractivity contribution is -0.141. The van der Waals surface area contributed by atoms with E-state index < -0.39 is 17.9 Å². The van der Waals surface area contributed by atoms with E-state index in [2.05, 4.69) is 17.2 Å². The monoisotopic (exact) mass is 260 g/mol. The highest BCUT2D eigenvalue weighted by molar-refractivity contribution is 7.99. The molecule has 0 radical (unpaired) electrons. The van der Waals surface area contributed by atoms with Gasteiger partial charge in [-0.15, -0.1) is 6.58 Å². The van der Waals surface area contributed by atoms with Crippen LogP contribution in [0.1, 0.15) is 13.8 Å². The SMILES string of the molecule is C=CCSCCNC(=O)NC(C)C(C)C(=O)O. The van der Waals surface area contributed by atoms with Crippen molar-refractivity contribution in [2.24, 2.45) is 5.92 Å². The minimum Gasteiger partial charge on any atom is -0.481 e. The number of hydrogen-bond acceptors (Lipinski definition) is 3. The largest absolute Gasteiger partial charge is 0.481 e. The molecule has 2 amide bonds. The van der Waals surface area contributed by atoms with Gasteiger partial charge in [-0.05, 0) is 13.8 Å². The van der Waals surface area contributed by atoms with Gasteiger partial charge in [0.05, 0.1) is 5.92 Å². The zero-order valence-electron chi connectivity index (χ0n) is 10.2. The summed E-state index contributed by atoms with van der Waals surface area (Å²) in [6.45, 7) is 7.38. The van der Waals surface area contributed by atoms with Crippen LogP contribution in [0.15, 0.2) is 12.7 Å². The zero-order chi connectivity index (χ0) is 13.3. The Kier molecular flexibility index (Phi) is 8.31. The van der Waals surface area contributed by atoms with E-state index in [4.69, 9.17) is 5.11 Å². The van der Waals surface area contributed by atoms with Gasteiger partial charge in [0, 0.05) is 24.1 Å². The maximum Gasteiger partial charge on any atom is 0.315 e. The van der Waals surface area contributed by atoms with Gasteiger partial charge < -0.3 is 15.7 Å². The van der Waals surface area contributed by atoms with Gasteiger partial charge >= 0.3 is 12.0 Å². The van der Waals surface area contributed by atoms with Crippen molar-refractivity contribution in [2.45, 2.75) is 19.9 Å². The fourth-order valence-electron chi connectivity index (χ4n) is 1.00. The Morgan fingerprint density at radius 2 is 2.12 bits per heavy atom. The number of carbonyl (C=O) groups excluding carboxylic acids is 1. The summed E-state index contributed by atoms with van der Waals surface area (Å²) in [6, 6.07) is -0.724. The van der Waals surface area contributed by atoms with Gasteiger partial charge in [-0.3, -0.25) is 4.79 Å². The molecular weight excluding hydrogens is 240 g/mol. The van der Waals surface area contributed by atoms with E-state index in [0.717, 1.165) is 11.5 Å². The minimum atomic E-state index is -0.917. The molecule has 0 bridgehead atoms. The van der Waals surface area contributed by atoms with E-state index in [-0.39, 0.29) is 6.03 Å². The van der Waals surface area contributed by atoms with Crippen molar-refractivity contribution in [2.75, 3.05) is 18.1 Å². The van der Waals surface area contributed by atoms with Crippen molar-refractivity contribution in [3.8, 4) is 0 Å². The van der Waals surface area contributed by atoms with Crippen LogP contribution >= 0.6 is 11.8 Å². The first-order valence-corrected chi connectivity index (χ1v) is 6.60. The molecule has 0 heterocycles. The van der Waals surface area contributed by atoms with E-state index in [0.29, 0.717) is 6.54 Å². The first kappa shape index (κ1) is 15.8. The molecule has 0 saturated heterocycles. The van der Waals surface area contributed by atoms with Crippen molar-refractivity contribution in [3.63, 3.8) is 0 Å². The standard InChI is InChI=1S/C11H20N2O3S/c1-4-6-17-7-5-12-11(16)13-9(3)8(2)10(14)15/h4,8-9H,1,5-7H2,2-3H3,(H,14,15)(H2,12,13,16). The number of thioether (sulfide) groups is 1. The maximum absolute atomic E-state index is 11.4. The Labute approximate surface area is 106 Å². The summed E-state index contributed by atoms with van der Waals surface area (Å²) in [6.07, 6.45) is 1.81. The molecule has 6 heteroatoms. The Hall–Kier alpha value is -1.17. The highest BCUT2D eigenvalue weighted by atomic mass is 32.2. The number of urea groups is 1. The molecule has 2 unspecified atom stereocenters. The lowest BCUT2D eigenvalue weighted by Gasteiger charge is -2.18. The van der Waals surface area contributed by atoms with Crippen molar-refractivity contribution in [1.82, 2.24) is 10.6 Å². The molecule has 0 aromatic heterocycles. The molecule has 3 N–H and O–H groups in total. The fourth-order valence-corrected chi connectivity index (χ4v) is 1.58. The van der Waals surface area contributed by atoms with Crippen LogP contribution in [-0.4, -0.2) is 41.2 Å². The van der Waals surface area contributed by atoms with Crippen molar-refractivity contribution in [3.05, 3.63) is 12.7 Å². The molecule has 0 aliphatic carbocycles. The van der Waals surface area contributed by atoms with Crippen molar-refractivity contribution >= 4 is 23.8 Å². The molecule has 0 aliphatic rings. The van der Waals surface area contributed by atoms with Crippen LogP contribution in [0.2, 0.25) is 0 Å². The van der Waals surface area contributed by atoms with Crippen LogP contribution in [0.4, 0.5) is 4.79 Å². The maximum atomic E-state index is 11.4. The molecule has 0 fully saturated rings. The molecule has 0 aliphatic heterocycles. The summed E-state index contributed by atoms with van der Waals surface area (Å²) in [7, 11) is 0. The predicted octanol–water partition coefficient (Wildman–Crippen LogP) is 1.31. The number of carboxylic acid groups (broad SMARTS) is 1. The number of hydrogen-bond donors (Lipinski definition) is 3. The lowest BCUT2D eigenvalue weighted by Crippen LogP contribution is -2.45. The van der Waals surface area contributed by atoms with E-state index in [1.54, 1.807) is 31.7 Å². The zero-order valence-corrected chi connectivity index (χ0v) is 11.0. The third-order valence-corrected chi connectivity index (χ3v) is 3.23. The van der Waals surface area contributed by atoms with Crippen LogP contribution in [0.5, 0.6) is 0 Å². The molecule has 0 aromatic carbocycles. The molecular formula is C11H20N2O3S. The molecule has 17 heavy (non-hydrogen) atoms. The van der Waals surface area contributed by atoms with Crippen LogP contribution in [-0.2, 0) is 4.79 Å². The number of carbonyl (C=O) groups is 2. The number of carboxylic acids is 1. The number of nitrogens with one attached hydrogen (secondary N) is 2. The molecule has 98 valence electrons. The van der Waals surface area contributed by atoms with Gasteiger partial charge in [0.1, 0.15) is 0 Å². The molecule has 2 atom stereocenters. The Morgan fingerprint density at radius 3 is 2.65 bits per heavy atom. The van der Waals surface area contributed by atoms with Crippen molar-refractivity contribution in [1.29, 1.82) is 0 Å². The van der Waals surface area contributed by atoms with E-state index >= 15 is 0 Å². The average Bonchev–Trinajstić information content (AvgIpc) is 2.27. The van der Waals surface area contributed by atoms with Crippen molar-refractivity contribution < 1.29 is 14.7 Å². The second kappa shape index (κ2) is 8.92. The van der Waals surface area contributed by atoms with E-state index in [1.807, 2.05) is 0 Å². The van der Waals surface area contributed by atoms with E-state index in [9.17, 15) is 9.59 Å². The average molecular weight is 260 g/mol. The molecule has 5 nitrogen and oxygen atoms in total. The van der Waals surface area contributed by atoms with Gasteiger partial charge in [-0.2, -0.15) is 11.8 Å². The van der Waals surface area contributed by atoms with Crippen LogP contribution in [0.3, 0.4) is 0 Å². The van der Waals surface area contributed by atoms with Gasteiger partial charge in [0.25, 0.3) is 0 Å². The summed E-state index contributed by atoms with van der Waals surface area (Å²) in [5, 5.41) is 14.0.